The molecule has 3 aromatic rings. The number of allylic oxidation sites excluding steroid dienone is 2. The van der Waals surface area contributed by atoms with Crippen molar-refractivity contribution in [3.05, 3.63) is 75.0 Å². The van der Waals surface area contributed by atoms with Gasteiger partial charge in [-0.1, -0.05) is 18.2 Å². The number of aromatic nitrogens is 3. The van der Waals surface area contributed by atoms with E-state index in [-0.39, 0.29) is 10.8 Å². The number of carbonyl (C=O) groups excluding carboxylic acids is 1. The molecule has 8 nitrogen and oxygen atoms in total. The number of aliphatic imine (C=N–C) groups is 2. The summed E-state index contributed by atoms with van der Waals surface area (Å²) in [7, 11) is 0. The van der Waals surface area contributed by atoms with Gasteiger partial charge in [-0.2, -0.15) is 4.57 Å². The summed E-state index contributed by atoms with van der Waals surface area (Å²) in [6.07, 6.45) is 8.90. The molecule has 3 heterocycles. The zero-order chi connectivity index (χ0) is 22.0. The average molecular weight is 415 g/mol. The van der Waals surface area contributed by atoms with E-state index in [2.05, 4.69) is 20.0 Å². The first-order valence-electron chi connectivity index (χ1n) is 9.69. The Morgan fingerprint density at radius 3 is 2.74 bits per heavy atom. The van der Waals surface area contributed by atoms with E-state index >= 15 is 0 Å². The molecular weight excluding hydrogens is 394 g/mol. The van der Waals surface area contributed by atoms with Gasteiger partial charge in [-0.3, -0.25) is 9.78 Å². The lowest BCUT2D eigenvalue weighted by atomic mass is 10.1. The molecule has 0 atom stereocenters. The van der Waals surface area contributed by atoms with Crippen LogP contribution in [0.1, 0.15) is 26.3 Å². The van der Waals surface area contributed by atoms with E-state index in [1.54, 1.807) is 51.4 Å². The lowest BCUT2D eigenvalue weighted by Crippen LogP contribution is -2.40. The molecule has 1 N–H and O–H groups in total. The van der Waals surface area contributed by atoms with Crippen LogP contribution in [0.3, 0.4) is 0 Å². The Labute approximate surface area is 177 Å². The highest BCUT2D eigenvalue weighted by molar-refractivity contribution is 5.92. The van der Waals surface area contributed by atoms with Gasteiger partial charge in [0.15, 0.2) is 0 Å². The van der Waals surface area contributed by atoms with Crippen LogP contribution in [-0.4, -0.2) is 38.8 Å². The number of nitrogens with zero attached hydrogens (tertiary/aromatic N) is 4. The van der Waals surface area contributed by atoms with Crippen LogP contribution in [0, 0.1) is 0 Å². The molecule has 0 fully saturated rings. The Balaban J connectivity index is 1.92. The molecule has 31 heavy (non-hydrogen) atoms. The smallest absolute Gasteiger partial charge is 0.423 e. The highest BCUT2D eigenvalue weighted by Crippen LogP contribution is 2.16. The summed E-state index contributed by atoms with van der Waals surface area (Å²) in [4.78, 5) is 41.3. The van der Waals surface area contributed by atoms with Crippen molar-refractivity contribution < 1.29 is 9.53 Å². The maximum Gasteiger partial charge on any atom is 0.423 e. The van der Waals surface area contributed by atoms with Gasteiger partial charge in [0.25, 0.3) is 5.56 Å². The average Bonchev–Trinajstić information content (AvgIpc) is 3.33. The molecule has 2 aromatic heterocycles. The van der Waals surface area contributed by atoms with Crippen LogP contribution in [0.2, 0.25) is 0 Å². The molecule has 0 amide bonds. The molecule has 0 unspecified atom stereocenters. The molecule has 156 valence electrons. The number of aromatic amines is 1. The van der Waals surface area contributed by atoms with Crippen molar-refractivity contribution in [2.45, 2.75) is 26.4 Å². The third kappa shape index (κ3) is 4.42. The van der Waals surface area contributed by atoms with E-state index in [4.69, 9.17) is 4.74 Å². The molecule has 1 aromatic carbocycles. The minimum absolute atomic E-state index is 0.246. The lowest BCUT2D eigenvalue weighted by molar-refractivity contribution is 0.0526. The molecule has 4 rings (SSSR count). The number of hydrogen-bond acceptors (Lipinski definition) is 6. The molecular formula is C23H21N5O3. The summed E-state index contributed by atoms with van der Waals surface area (Å²) < 4.78 is 6.41. The number of hydrogen-bond donors (Lipinski definition) is 1. The second-order valence-electron chi connectivity index (χ2n) is 7.89. The largest absolute Gasteiger partial charge is 0.443 e. The molecule has 0 saturated carbocycles. The lowest BCUT2D eigenvalue weighted by Gasteiger charge is -2.19. The fraction of sp³-hybridized carbons (Fsp3) is 0.174. The normalized spacial score (nSPS) is 16.0. The third-order valence-electron chi connectivity index (χ3n) is 4.38. The summed E-state index contributed by atoms with van der Waals surface area (Å²) in [5.41, 5.74) is 1.22. The van der Waals surface area contributed by atoms with Gasteiger partial charge in [0.05, 0.1) is 17.4 Å². The van der Waals surface area contributed by atoms with Crippen LogP contribution in [0.5, 0.6) is 0 Å². The number of carbonyl (C=O) groups is 1. The zero-order valence-corrected chi connectivity index (χ0v) is 17.4. The predicted octanol–water partition coefficient (Wildman–Crippen LogP) is 2.11. The molecule has 0 aliphatic carbocycles. The standard InChI is InChI=1S/C23H21N5O3/c1-23(2,3)31-22(30)28-20(10-9-16-13-24-14-26-16)27-19(21(28)29)12-15-6-4-8-18-17(15)7-5-11-25-18/h4-14,27H,1-3H3/b16-9+,19-12-,20-10-. The van der Waals surface area contributed by atoms with Crippen molar-refractivity contribution in [3.63, 3.8) is 0 Å². The van der Waals surface area contributed by atoms with Gasteiger partial charge in [0.2, 0.25) is 0 Å². The third-order valence-corrected chi connectivity index (χ3v) is 4.38. The summed E-state index contributed by atoms with van der Waals surface area (Å²) in [6.45, 7) is 5.23. The minimum Gasteiger partial charge on any atom is -0.443 e. The number of fused-ring (bicyclic) bond motifs is 1. The quantitative estimate of drug-likeness (QED) is 0.693. The van der Waals surface area contributed by atoms with Crippen molar-refractivity contribution in [2.24, 2.45) is 9.98 Å². The van der Waals surface area contributed by atoms with Gasteiger partial charge in [0.1, 0.15) is 22.8 Å². The first-order valence-corrected chi connectivity index (χ1v) is 9.69. The van der Waals surface area contributed by atoms with E-state index in [1.807, 2.05) is 30.3 Å². The van der Waals surface area contributed by atoms with Crippen LogP contribution in [-0.2, 0) is 4.74 Å². The summed E-state index contributed by atoms with van der Waals surface area (Å²) in [6, 6.07) is 9.42. The molecule has 0 radical (unpaired) electrons. The highest BCUT2D eigenvalue weighted by Gasteiger charge is 2.21. The van der Waals surface area contributed by atoms with E-state index in [0.717, 1.165) is 21.0 Å². The Kier molecular flexibility index (Phi) is 5.21. The van der Waals surface area contributed by atoms with E-state index in [1.165, 1.54) is 6.34 Å². The summed E-state index contributed by atoms with van der Waals surface area (Å²) >= 11 is 0. The van der Waals surface area contributed by atoms with Crippen LogP contribution in [0.25, 0.3) is 23.1 Å². The Morgan fingerprint density at radius 2 is 2.00 bits per heavy atom. The highest BCUT2D eigenvalue weighted by atomic mass is 16.6. The van der Waals surface area contributed by atoms with Gasteiger partial charge in [-0.15, -0.1) is 0 Å². The molecule has 0 spiro atoms. The fourth-order valence-electron chi connectivity index (χ4n) is 3.08. The van der Waals surface area contributed by atoms with Crippen molar-refractivity contribution >= 4 is 41.7 Å². The van der Waals surface area contributed by atoms with Crippen molar-refractivity contribution in [2.75, 3.05) is 0 Å². The van der Waals surface area contributed by atoms with E-state index in [9.17, 15) is 9.59 Å². The molecule has 8 heteroatoms. The van der Waals surface area contributed by atoms with Gasteiger partial charge >= 0.3 is 6.09 Å². The van der Waals surface area contributed by atoms with Gasteiger partial charge in [-0.25, -0.2) is 14.8 Å². The number of ether oxygens (including phenoxy) is 1. The number of rotatable bonds is 2. The summed E-state index contributed by atoms with van der Waals surface area (Å²) in [5.74, 6) is 0. The van der Waals surface area contributed by atoms with Crippen molar-refractivity contribution in [1.82, 2.24) is 14.5 Å². The first kappa shape index (κ1) is 20.2. The first-order chi connectivity index (χ1) is 14.8. The maximum absolute atomic E-state index is 13.1. The minimum atomic E-state index is -0.763. The van der Waals surface area contributed by atoms with Crippen LogP contribution in [0.15, 0.2) is 63.1 Å². The van der Waals surface area contributed by atoms with E-state index < -0.39 is 17.3 Å². The van der Waals surface area contributed by atoms with Crippen molar-refractivity contribution in [3.8, 4) is 0 Å². The van der Waals surface area contributed by atoms with Crippen molar-refractivity contribution in [1.29, 1.82) is 0 Å². The zero-order valence-electron chi connectivity index (χ0n) is 17.4. The van der Waals surface area contributed by atoms with Crippen LogP contribution < -0.4 is 16.4 Å². The fourth-order valence-corrected chi connectivity index (χ4v) is 3.08. The monoisotopic (exact) mass is 415 g/mol. The SMILES string of the molecule is CC(C)(C)OC(=O)n1c(=O)/c(=C/c2cccc3ncccc23)[nH]/c1=C/C=C1\C=NC=N1. The number of pyridine rings is 1. The molecule has 0 saturated heterocycles. The van der Waals surface area contributed by atoms with Gasteiger partial charge in [-0.05, 0) is 56.7 Å². The maximum atomic E-state index is 13.1. The van der Waals surface area contributed by atoms with Crippen LogP contribution >= 0.6 is 0 Å². The number of H-pyrrole nitrogens is 1. The number of imidazole rings is 1. The van der Waals surface area contributed by atoms with Crippen LogP contribution in [0.4, 0.5) is 4.79 Å². The number of benzene rings is 1. The second-order valence-corrected chi connectivity index (χ2v) is 7.89. The predicted molar refractivity (Wildman–Crippen MR) is 121 cm³/mol. The molecule has 1 aliphatic heterocycles. The Hall–Kier alpha value is -4.07. The Bertz CT molecular complexity index is 1410. The number of nitrogens with one attached hydrogen (secondary N) is 1. The topological polar surface area (TPSA) is 102 Å². The Morgan fingerprint density at radius 1 is 1.16 bits per heavy atom. The van der Waals surface area contributed by atoms with Gasteiger partial charge in [0, 0.05) is 11.6 Å². The second kappa shape index (κ2) is 7.98. The molecule has 1 aliphatic rings. The van der Waals surface area contributed by atoms with Gasteiger partial charge < -0.3 is 9.72 Å². The van der Waals surface area contributed by atoms with E-state index in [0.29, 0.717) is 5.70 Å². The molecule has 0 bridgehead atoms. The summed E-state index contributed by atoms with van der Waals surface area (Å²) in [5, 5.41) is 1.14.